The number of hydrogen-bond donors (Lipinski definition) is 1. The van der Waals surface area contributed by atoms with E-state index in [1.165, 1.54) is 36.3 Å². The molecule has 1 nitrogen and oxygen atoms in total. The Balaban J connectivity index is 1.95. The van der Waals surface area contributed by atoms with Gasteiger partial charge in [-0.3, -0.25) is 0 Å². The van der Waals surface area contributed by atoms with Crippen molar-refractivity contribution in [2.24, 2.45) is 5.41 Å². The Labute approximate surface area is 109 Å². The second-order valence-electron chi connectivity index (χ2n) is 5.83. The Morgan fingerprint density at radius 3 is 2.53 bits per heavy atom. The third-order valence-corrected chi connectivity index (χ3v) is 4.41. The van der Waals surface area contributed by atoms with Gasteiger partial charge in [-0.2, -0.15) is 0 Å². The summed E-state index contributed by atoms with van der Waals surface area (Å²) in [7, 11) is 0. The molecule has 1 saturated carbocycles. The van der Waals surface area contributed by atoms with Gasteiger partial charge >= 0.3 is 0 Å². The lowest BCUT2D eigenvalue weighted by molar-refractivity contribution is 0.229. The summed E-state index contributed by atoms with van der Waals surface area (Å²) < 4.78 is 0. The fraction of sp³-hybridized carbons (Fsp3) is 0.600. The molecule has 1 fully saturated rings. The molecule has 0 saturated heterocycles. The molecule has 17 heavy (non-hydrogen) atoms. The van der Waals surface area contributed by atoms with E-state index in [1.54, 1.807) is 11.8 Å². The van der Waals surface area contributed by atoms with Crippen LogP contribution >= 0.6 is 11.8 Å². The molecule has 0 aliphatic heterocycles. The van der Waals surface area contributed by atoms with Crippen molar-refractivity contribution in [3.05, 3.63) is 24.3 Å². The summed E-state index contributed by atoms with van der Waals surface area (Å²) in [5.41, 5.74) is 1.78. The Bertz CT molecular complexity index is 356. The first-order valence-electron chi connectivity index (χ1n) is 6.50. The Morgan fingerprint density at radius 1 is 1.24 bits per heavy atom. The van der Waals surface area contributed by atoms with E-state index in [1.807, 2.05) is 0 Å². The van der Waals surface area contributed by atoms with Crippen molar-refractivity contribution in [3.63, 3.8) is 0 Å². The lowest BCUT2D eigenvalue weighted by Gasteiger charge is -2.36. The van der Waals surface area contributed by atoms with Crippen molar-refractivity contribution in [2.75, 3.05) is 11.6 Å². The predicted octanol–water partition coefficient (Wildman–Crippen LogP) is 4.79. The van der Waals surface area contributed by atoms with E-state index in [2.05, 4.69) is 49.7 Å². The number of thioether (sulfide) groups is 1. The molecule has 94 valence electrons. The Morgan fingerprint density at radius 2 is 1.94 bits per heavy atom. The third kappa shape index (κ3) is 3.67. The van der Waals surface area contributed by atoms with Crippen molar-refractivity contribution < 1.29 is 0 Å². The molecule has 1 aromatic carbocycles. The maximum absolute atomic E-state index is 3.68. The molecule has 1 atom stereocenters. The van der Waals surface area contributed by atoms with E-state index in [9.17, 15) is 0 Å². The van der Waals surface area contributed by atoms with Gasteiger partial charge in [-0.05, 0) is 55.2 Å². The smallest absolute Gasteiger partial charge is 0.0343 e. The monoisotopic (exact) mass is 249 g/mol. The van der Waals surface area contributed by atoms with Crippen LogP contribution in [0.5, 0.6) is 0 Å². The topological polar surface area (TPSA) is 12.0 Å². The largest absolute Gasteiger partial charge is 0.382 e. The van der Waals surface area contributed by atoms with Crippen LogP contribution in [0.4, 0.5) is 5.69 Å². The number of anilines is 1. The molecular formula is C15H23NS. The van der Waals surface area contributed by atoms with Gasteiger partial charge in [0.2, 0.25) is 0 Å². The predicted molar refractivity (Wildman–Crippen MR) is 77.9 cm³/mol. The first kappa shape index (κ1) is 12.8. The highest BCUT2D eigenvalue weighted by atomic mass is 32.2. The molecule has 1 aromatic rings. The van der Waals surface area contributed by atoms with Crippen LogP contribution in [0.15, 0.2) is 29.2 Å². The molecule has 1 unspecified atom stereocenters. The Kier molecular flexibility index (Phi) is 4.03. The molecule has 1 aliphatic carbocycles. The van der Waals surface area contributed by atoms with Crippen LogP contribution in [0.3, 0.4) is 0 Å². The molecule has 0 radical (unpaired) electrons. The summed E-state index contributed by atoms with van der Waals surface area (Å²) >= 11 is 1.80. The third-order valence-electron chi connectivity index (χ3n) is 3.67. The van der Waals surface area contributed by atoms with Gasteiger partial charge in [0.1, 0.15) is 0 Å². The quantitative estimate of drug-likeness (QED) is 0.773. The SMILES string of the molecule is CSc1ccc(NC2CCCC(C)(C)C2)cc1. The lowest BCUT2D eigenvalue weighted by Crippen LogP contribution is -2.31. The van der Waals surface area contributed by atoms with Crippen molar-refractivity contribution in [3.8, 4) is 0 Å². The zero-order valence-electron chi connectivity index (χ0n) is 11.1. The van der Waals surface area contributed by atoms with E-state index >= 15 is 0 Å². The van der Waals surface area contributed by atoms with Gasteiger partial charge in [-0.15, -0.1) is 11.8 Å². The molecule has 0 aromatic heterocycles. The first-order valence-corrected chi connectivity index (χ1v) is 7.72. The molecular weight excluding hydrogens is 226 g/mol. The van der Waals surface area contributed by atoms with Crippen molar-refractivity contribution in [1.82, 2.24) is 0 Å². The summed E-state index contributed by atoms with van der Waals surface area (Å²) in [5, 5.41) is 3.68. The summed E-state index contributed by atoms with van der Waals surface area (Å²) in [6, 6.07) is 9.45. The first-order chi connectivity index (χ1) is 8.09. The maximum Gasteiger partial charge on any atom is 0.0343 e. The van der Waals surface area contributed by atoms with Crippen molar-refractivity contribution >= 4 is 17.4 Å². The number of hydrogen-bond acceptors (Lipinski definition) is 2. The second kappa shape index (κ2) is 5.34. The zero-order valence-corrected chi connectivity index (χ0v) is 11.9. The van der Waals surface area contributed by atoms with Gasteiger partial charge in [0, 0.05) is 16.6 Å². The summed E-state index contributed by atoms with van der Waals surface area (Å²) in [6.07, 6.45) is 7.45. The van der Waals surface area contributed by atoms with E-state index in [4.69, 9.17) is 0 Å². The molecule has 2 heteroatoms. The lowest BCUT2D eigenvalue weighted by atomic mass is 9.75. The molecule has 2 rings (SSSR count). The van der Waals surface area contributed by atoms with E-state index < -0.39 is 0 Å². The zero-order chi connectivity index (χ0) is 12.3. The van der Waals surface area contributed by atoms with Crippen LogP contribution in [-0.4, -0.2) is 12.3 Å². The highest BCUT2D eigenvalue weighted by molar-refractivity contribution is 7.98. The normalized spacial score (nSPS) is 23.4. The minimum atomic E-state index is 0.509. The standard InChI is InChI=1S/C15H23NS/c1-15(2)10-4-5-13(11-15)16-12-6-8-14(17-3)9-7-12/h6-9,13,16H,4-5,10-11H2,1-3H3. The van der Waals surface area contributed by atoms with E-state index in [0.717, 1.165) is 0 Å². The average molecular weight is 249 g/mol. The van der Waals surface area contributed by atoms with Crippen LogP contribution in [-0.2, 0) is 0 Å². The highest BCUT2D eigenvalue weighted by Crippen LogP contribution is 2.36. The maximum atomic E-state index is 3.68. The summed E-state index contributed by atoms with van der Waals surface area (Å²) in [4.78, 5) is 1.33. The van der Waals surface area contributed by atoms with Gasteiger partial charge < -0.3 is 5.32 Å². The summed E-state index contributed by atoms with van der Waals surface area (Å²) in [5.74, 6) is 0. The van der Waals surface area contributed by atoms with Gasteiger partial charge in [-0.25, -0.2) is 0 Å². The van der Waals surface area contributed by atoms with Gasteiger partial charge in [0.15, 0.2) is 0 Å². The number of rotatable bonds is 3. The van der Waals surface area contributed by atoms with Gasteiger partial charge in [0.05, 0.1) is 0 Å². The van der Waals surface area contributed by atoms with Crippen LogP contribution in [0, 0.1) is 5.41 Å². The summed E-state index contributed by atoms with van der Waals surface area (Å²) in [6.45, 7) is 4.77. The van der Waals surface area contributed by atoms with E-state index in [0.29, 0.717) is 11.5 Å². The van der Waals surface area contributed by atoms with Crippen LogP contribution in [0.25, 0.3) is 0 Å². The van der Waals surface area contributed by atoms with Gasteiger partial charge in [-0.1, -0.05) is 20.3 Å². The molecule has 1 N–H and O–H groups in total. The minimum Gasteiger partial charge on any atom is -0.382 e. The number of nitrogens with one attached hydrogen (secondary N) is 1. The molecule has 1 aliphatic rings. The van der Waals surface area contributed by atoms with Crippen LogP contribution < -0.4 is 5.32 Å². The molecule has 0 spiro atoms. The van der Waals surface area contributed by atoms with Crippen molar-refractivity contribution in [1.29, 1.82) is 0 Å². The fourth-order valence-electron chi connectivity index (χ4n) is 2.74. The highest BCUT2D eigenvalue weighted by Gasteiger charge is 2.27. The van der Waals surface area contributed by atoms with Crippen LogP contribution in [0.1, 0.15) is 39.5 Å². The van der Waals surface area contributed by atoms with Gasteiger partial charge in [0.25, 0.3) is 0 Å². The minimum absolute atomic E-state index is 0.509. The average Bonchev–Trinajstić information content (AvgIpc) is 2.29. The molecule has 0 amide bonds. The van der Waals surface area contributed by atoms with Crippen LogP contribution in [0.2, 0.25) is 0 Å². The number of benzene rings is 1. The van der Waals surface area contributed by atoms with Crippen molar-refractivity contribution in [2.45, 2.75) is 50.5 Å². The van der Waals surface area contributed by atoms with E-state index in [-0.39, 0.29) is 0 Å². The fourth-order valence-corrected chi connectivity index (χ4v) is 3.15. The molecule has 0 heterocycles. The Hall–Kier alpha value is -0.630. The molecule has 0 bridgehead atoms. The second-order valence-corrected chi connectivity index (χ2v) is 6.71.